The molecule has 0 bridgehead atoms. The van der Waals surface area contributed by atoms with Gasteiger partial charge in [0.2, 0.25) is 0 Å². The summed E-state index contributed by atoms with van der Waals surface area (Å²) >= 11 is 1.47. The number of ether oxygens (including phenoxy) is 1. The number of rotatable bonds is 4. The predicted molar refractivity (Wildman–Crippen MR) is 100 cm³/mol. The van der Waals surface area contributed by atoms with Crippen molar-refractivity contribution in [3.63, 3.8) is 0 Å². The molecule has 24 heavy (non-hydrogen) atoms. The Morgan fingerprint density at radius 1 is 1.12 bits per heavy atom. The topological polar surface area (TPSA) is 50.4 Å². The Bertz CT molecular complexity index is 784. The molecule has 0 aromatic heterocycles. The Hall–Kier alpha value is -2.40. The molecule has 0 spiro atoms. The van der Waals surface area contributed by atoms with Gasteiger partial charge in [-0.15, -0.1) is 0 Å². The fraction of sp³-hybridized carbons (Fsp3) is 0.211. The summed E-state index contributed by atoms with van der Waals surface area (Å²) in [7, 11) is 1.64. The van der Waals surface area contributed by atoms with Crippen LogP contribution in [-0.2, 0) is 4.79 Å². The van der Waals surface area contributed by atoms with Crippen molar-refractivity contribution in [2.24, 2.45) is 0 Å². The third-order valence-electron chi connectivity index (χ3n) is 3.75. The first-order valence-electron chi connectivity index (χ1n) is 7.72. The number of amides is 1. The minimum absolute atomic E-state index is 0.0651. The van der Waals surface area contributed by atoms with Crippen molar-refractivity contribution in [2.75, 3.05) is 12.4 Å². The maximum Gasteiger partial charge on any atom is 0.260 e. The molecule has 1 amide bonds. The quantitative estimate of drug-likeness (QED) is 0.829. The van der Waals surface area contributed by atoms with Gasteiger partial charge >= 0.3 is 0 Å². The second-order valence-corrected chi connectivity index (χ2v) is 6.89. The highest BCUT2D eigenvalue weighted by molar-refractivity contribution is 8.05. The van der Waals surface area contributed by atoms with Crippen molar-refractivity contribution in [2.45, 2.75) is 19.3 Å². The highest BCUT2D eigenvalue weighted by atomic mass is 32.2. The van der Waals surface area contributed by atoms with E-state index in [0.29, 0.717) is 4.91 Å². The van der Waals surface area contributed by atoms with Crippen LogP contribution >= 0.6 is 11.8 Å². The number of nitrogens with one attached hydrogen (secondary N) is 2. The molecule has 1 saturated heterocycles. The number of hydrogen-bond acceptors (Lipinski definition) is 4. The number of methoxy groups -OCH3 is 1. The molecule has 0 aliphatic carbocycles. The van der Waals surface area contributed by atoms with E-state index in [9.17, 15) is 4.79 Å². The zero-order valence-electron chi connectivity index (χ0n) is 13.9. The van der Waals surface area contributed by atoms with Crippen LogP contribution in [0.15, 0.2) is 47.4 Å². The van der Waals surface area contributed by atoms with Crippen LogP contribution in [0.1, 0.15) is 16.7 Å². The average Bonchev–Trinajstić information content (AvgIpc) is 2.89. The lowest BCUT2D eigenvalue weighted by atomic mass is 10.1. The largest absolute Gasteiger partial charge is 0.495 e. The summed E-state index contributed by atoms with van der Waals surface area (Å²) in [5.41, 5.74) is 4.00. The second kappa shape index (κ2) is 7.01. The molecule has 1 aliphatic rings. The molecule has 0 radical (unpaired) electrons. The van der Waals surface area contributed by atoms with Crippen molar-refractivity contribution in [3.05, 3.63) is 64.1 Å². The molecule has 5 heteroatoms. The molecule has 1 unspecified atom stereocenters. The van der Waals surface area contributed by atoms with Gasteiger partial charge in [0.25, 0.3) is 5.91 Å². The fourth-order valence-corrected chi connectivity index (χ4v) is 3.43. The summed E-state index contributed by atoms with van der Waals surface area (Å²) in [4.78, 5) is 12.9. The van der Waals surface area contributed by atoms with Gasteiger partial charge in [-0.25, -0.2) is 0 Å². The van der Waals surface area contributed by atoms with Gasteiger partial charge < -0.3 is 15.4 Å². The van der Waals surface area contributed by atoms with E-state index >= 15 is 0 Å². The standard InChI is InChI=1S/C19H20N2O2S/c1-12-4-7-14(8-5-12)11-17-18(22)21-19(24-17)20-15-10-13(2)6-9-16(15)23-3/h4-11,19-20H,1-3H3,(H,21,22)/b17-11-. The van der Waals surface area contributed by atoms with Crippen LogP contribution in [0.25, 0.3) is 6.08 Å². The molecule has 2 aromatic rings. The second-order valence-electron chi connectivity index (χ2n) is 5.74. The highest BCUT2D eigenvalue weighted by Gasteiger charge is 2.27. The summed E-state index contributed by atoms with van der Waals surface area (Å²) in [6.07, 6.45) is 1.91. The molecule has 2 N–H and O–H groups in total. The SMILES string of the molecule is COc1ccc(C)cc1NC1NC(=O)/C(=C/c2ccc(C)cc2)S1. The van der Waals surface area contributed by atoms with E-state index in [0.717, 1.165) is 22.6 Å². The summed E-state index contributed by atoms with van der Waals surface area (Å²) < 4.78 is 5.37. The van der Waals surface area contributed by atoms with Gasteiger partial charge in [0, 0.05) is 0 Å². The minimum atomic E-state index is -0.218. The van der Waals surface area contributed by atoms with Gasteiger partial charge in [-0.2, -0.15) is 0 Å². The lowest BCUT2D eigenvalue weighted by Gasteiger charge is -2.16. The van der Waals surface area contributed by atoms with Crippen LogP contribution in [0.2, 0.25) is 0 Å². The lowest BCUT2D eigenvalue weighted by molar-refractivity contribution is -0.116. The molecular formula is C19H20N2O2S. The normalized spacial score (nSPS) is 18.5. The maximum absolute atomic E-state index is 12.2. The summed E-state index contributed by atoms with van der Waals surface area (Å²) in [6.45, 7) is 4.07. The zero-order valence-corrected chi connectivity index (χ0v) is 14.7. The van der Waals surface area contributed by atoms with Gasteiger partial charge in [-0.05, 0) is 43.2 Å². The van der Waals surface area contributed by atoms with Crippen LogP contribution in [0.5, 0.6) is 5.75 Å². The Balaban J connectivity index is 1.75. The monoisotopic (exact) mass is 340 g/mol. The smallest absolute Gasteiger partial charge is 0.260 e. The Kier molecular flexibility index (Phi) is 4.81. The van der Waals surface area contributed by atoms with Crippen molar-refractivity contribution in [3.8, 4) is 5.75 Å². The van der Waals surface area contributed by atoms with Crippen molar-refractivity contribution >= 4 is 29.4 Å². The molecule has 1 heterocycles. The lowest BCUT2D eigenvalue weighted by Crippen LogP contribution is -2.31. The van der Waals surface area contributed by atoms with Crippen molar-refractivity contribution in [1.82, 2.24) is 5.32 Å². The number of carbonyl (C=O) groups is 1. The molecular weight excluding hydrogens is 320 g/mol. The Morgan fingerprint density at radius 3 is 2.54 bits per heavy atom. The molecule has 2 aromatic carbocycles. The number of benzene rings is 2. The Labute approximate surface area is 146 Å². The third-order valence-corrected chi connectivity index (χ3v) is 4.78. The van der Waals surface area contributed by atoms with Crippen LogP contribution in [-0.4, -0.2) is 18.5 Å². The summed E-state index contributed by atoms with van der Waals surface area (Å²) in [6, 6.07) is 14.0. The summed E-state index contributed by atoms with van der Waals surface area (Å²) in [5, 5.41) is 6.27. The van der Waals surface area contributed by atoms with E-state index in [-0.39, 0.29) is 11.4 Å². The van der Waals surface area contributed by atoms with Crippen LogP contribution in [0.4, 0.5) is 5.69 Å². The first-order chi connectivity index (χ1) is 11.5. The number of hydrogen-bond donors (Lipinski definition) is 2. The van der Waals surface area contributed by atoms with Crippen LogP contribution < -0.4 is 15.4 Å². The van der Waals surface area contributed by atoms with Gasteiger partial charge in [-0.1, -0.05) is 47.7 Å². The number of anilines is 1. The molecule has 4 nitrogen and oxygen atoms in total. The van der Waals surface area contributed by atoms with E-state index in [1.807, 2.05) is 62.4 Å². The first kappa shape index (κ1) is 16.5. The molecule has 3 rings (SSSR count). The minimum Gasteiger partial charge on any atom is -0.495 e. The van der Waals surface area contributed by atoms with Crippen molar-refractivity contribution in [1.29, 1.82) is 0 Å². The number of thioether (sulfide) groups is 1. The first-order valence-corrected chi connectivity index (χ1v) is 8.60. The molecule has 0 saturated carbocycles. The van der Waals surface area contributed by atoms with Gasteiger partial charge in [0.15, 0.2) is 5.50 Å². The molecule has 1 atom stereocenters. The average molecular weight is 340 g/mol. The molecule has 124 valence electrons. The third kappa shape index (κ3) is 3.74. The number of aryl methyl sites for hydroxylation is 2. The zero-order chi connectivity index (χ0) is 17.1. The fourth-order valence-electron chi connectivity index (χ4n) is 2.46. The van der Waals surface area contributed by atoms with Gasteiger partial charge in [0.1, 0.15) is 5.75 Å². The van der Waals surface area contributed by atoms with E-state index in [2.05, 4.69) is 10.6 Å². The van der Waals surface area contributed by atoms with E-state index < -0.39 is 0 Å². The van der Waals surface area contributed by atoms with Crippen LogP contribution in [0, 0.1) is 13.8 Å². The maximum atomic E-state index is 12.2. The van der Waals surface area contributed by atoms with Gasteiger partial charge in [0.05, 0.1) is 17.7 Å². The molecule has 1 fully saturated rings. The predicted octanol–water partition coefficient (Wildman–Crippen LogP) is 3.91. The summed E-state index contributed by atoms with van der Waals surface area (Å²) in [5.74, 6) is 0.691. The van der Waals surface area contributed by atoms with Gasteiger partial charge in [-0.3, -0.25) is 4.79 Å². The van der Waals surface area contributed by atoms with E-state index in [4.69, 9.17) is 4.74 Å². The number of carbonyl (C=O) groups excluding carboxylic acids is 1. The van der Waals surface area contributed by atoms with E-state index in [1.54, 1.807) is 7.11 Å². The Morgan fingerprint density at radius 2 is 1.83 bits per heavy atom. The highest BCUT2D eigenvalue weighted by Crippen LogP contribution is 2.33. The molecule has 1 aliphatic heterocycles. The van der Waals surface area contributed by atoms with E-state index in [1.165, 1.54) is 17.3 Å². The van der Waals surface area contributed by atoms with Crippen LogP contribution in [0.3, 0.4) is 0 Å². The van der Waals surface area contributed by atoms with Crippen molar-refractivity contribution < 1.29 is 9.53 Å².